The van der Waals surface area contributed by atoms with E-state index in [0.717, 1.165) is 10.9 Å². The molecule has 0 amide bonds. The van der Waals surface area contributed by atoms with E-state index in [1.807, 2.05) is 24.4 Å². The Morgan fingerprint density at radius 3 is 2.75 bits per heavy atom. The van der Waals surface area contributed by atoms with Crippen LogP contribution < -0.4 is 5.32 Å². The topological polar surface area (TPSA) is 37.8 Å². The fraction of sp³-hybridized carbons (Fsp3) is 0.333. The van der Waals surface area contributed by atoms with Gasteiger partial charge in [0.05, 0.1) is 0 Å². The van der Waals surface area contributed by atoms with Crippen LogP contribution in [0.4, 0.5) is 19.0 Å². The molecule has 108 valence electrons. The van der Waals surface area contributed by atoms with Crippen LogP contribution in [0, 0.1) is 0 Å². The molecule has 0 saturated carbocycles. The highest BCUT2D eigenvalue weighted by atomic mass is 35.5. The highest BCUT2D eigenvalue weighted by molar-refractivity contribution is 7.09. The molecule has 0 fully saturated rings. The van der Waals surface area contributed by atoms with Crippen molar-refractivity contribution in [3.05, 3.63) is 39.4 Å². The lowest BCUT2D eigenvalue weighted by molar-refractivity contribution is -0.141. The van der Waals surface area contributed by atoms with Crippen LogP contribution >= 0.6 is 22.9 Å². The Kier molecular flexibility index (Phi) is 4.49. The number of aromatic nitrogens is 2. The molecule has 2 rings (SSSR count). The Labute approximate surface area is 122 Å². The first-order valence-corrected chi connectivity index (χ1v) is 7.01. The van der Waals surface area contributed by atoms with E-state index in [-0.39, 0.29) is 11.9 Å². The van der Waals surface area contributed by atoms with Gasteiger partial charge in [0.25, 0.3) is 0 Å². The fourth-order valence-electron chi connectivity index (χ4n) is 1.67. The van der Waals surface area contributed by atoms with E-state index in [4.69, 9.17) is 11.6 Å². The van der Waals surface area contributed by atoms with Crippen LogP contribution in [-0.4, -0.2) is 16.0 Å². The Morgan fingerprint density at radius 1 is 1.40 bits per heavy atom. The van der Waals surface area contributed by atoms with Crippen molar-refractivity contribution in [2.45, 2.75) is 25.6 Å². The summed E-state index contributed by atoms with van der Waals surface area (Å²) >= 11 is 7.12. The van der Waals surface area contributed by atoms with Crippen LogP contribution in [0.5, 0.6) is 0 Å². The molecule has 8 heteroatoms. The average Bonchev–Trinajstić information content (AvgIpc) is 2.79. The maximum atomic E-state index is 12.6. The van der Waals surface area contributed by atoms with E-state index in [1.165, 1.54) is 0 Å². The molecule has 0 saturated heterocycles. The summed E-state index contributed by atoms with van der Waals surface area (Å²) in [5.41, 5.74) is -1.05. The van der Waals surface area contributed by atoms with Crippen LogP contribution in [0.15, 0.2) is 23.6 Å². The molecule has 0 aliphatic rings. The van der Waals surface area contributed by atoms with Crippen molar-refractivity contribution >= 4 is 28.8 Å². The van der Waals surface area contributed by atoms with Gasteiger partial charge in [-0.3, -0.25) is 0 Å². The fourth-order valence-corrected chi connectivity index (χ4v) is 2.69. The van der Waals surface area contributed by atoms with Crippen molar-refractivity contribution in [3.8, 4) is 0 Å². The third kappa shape index (κ3) is 4.08. The predicted octanol–water partition coefficient (Wildman–Crippen LogP) is 4.25. The van der Waals surface area contributed by atoms with Crippen molar-refractivity contribution in [3.63, 3.8) is 0 Å². The molecule has 1 atom stereocenters. The Balaban J connectivity index is 2.11. The van der Waals surface area contributed by atoms with E-state index in [2.05, 4.69) is 15.3 Å². The minimum atomic E-state index is -4.54. The van der Waals surface area contributed by atoms with Crippen LogP contribution in [0.3, 0.4) is 0 Å². The van der Waals surface area contributed by atoms with Crippen LogP contribution in [0.1, 0.15) is 17.5 Å². The molecule has 1 N–H and O–H groups in total. The average molecular weight is 322 g/mol. The molecular formula is C12H11ClF3N3S. The van der Waals surface area contributed by atoms with Crippen molar-refractivity contribution in [2.24, 2.45) is 0 Å². The van der Waals surface area contributed by atoms with Gasteiger partial charge in [-0.05, 0) is 30.0 Å². The van der Waals surface area contributed by atoms with Gasteiger partial charge in [-0.1, -0.05) is 6.07 Å². The van der Waals surface area contributed by atoms with Crippen LogP contribution in [-0.2, 0) is 12.6 Å². The largest absolute Gasteiger partial charge is 0.433 e. The van der Waals surface area contributed by atoms with Gasteiger partial charge in [0.1, 0.15) is 5.82 Å². The summed E-state index contributed by atoms with van der Waals surface area (Å²) in [4.78, 5) is 8.08. The van der Waals surface area contributed by atoms with E-state index in [1.54, 1.807) is 11.3 Å². The molecule has 20 heavy (non-hydrogen) atoms. The van der Waals surface area contributed by atoms with E-state index < -0.39 is 17.2 Å². The number of thiophene rings is 1. The zero-order valence-electron chi connectivity index (χ0n) is 10.4. The van der Waals surface area contributed by atoms with Crippen molar-refractivity contribution in [2.75, 3.05) is 5.32 Å². The second-order valence-electron chi connectivity index (χ2n) is 4.23. The second kappa shape index (κ2) is 5.97. The monoisotopic (exact) mass is 321 g/mol. The highest BCUT2D eigenvalue weighted by Crippen LogP contribution is 2.29. The van der Waals surface area contributed by atoms with Crippen LogP contribution in [0.2, 0.25) is 5.28 Å². The summed E-state index contributed by atoms with van der Waals surface area (Å²) in [6, 6.07) is 4.68. The van der Waals surface area contributed by atoms with Gasteiger partial charge >= 0.3 is 6.18 Å². The number of rotatable bonds is 4. The summed E-state index contributed by atoms with van der Waals surface area (Å²) in [5, 5.41) is 4.43. The standard InChI is InChI=1S/C12H11ClF3N3S/c1-7(5-8-3-2-4-20-8)17-10-6-9(12(14,15)16)18-11(13)19-10/h2-4,6-7H,5H2,1H3,(H,17,18,19). The Hall–Kier alpha value is -1.34. The van der Waals surface area contributed by atoms with Gasteiger partial charge < -0.3 is 5.32 Å². The number of alkyl halides is 3. The molecule has 0 radical (unpaired) electrons. The Bertz CT molecular complexity index is 572. The maximum Gasteiger partial charge on any atom is 0.433 e. The molecule has 0 aromatic carbocycles. The molecule has 0 bridgehead atoms. The lowest BCUT2D eigenvalue weighted by Gasteiger charge is -2.15. The van der Waals surface area contributed by atoms with Crippen LogP contribution in [0.25, 0.3) is 0 Å². The first-order valence-electron chi connectivity index (χ1n) is 5.75. The second-order valence-corrected chi connectivity index (χ2v) is 5.60. The quantitative estimate of drug-likeness (QED) is 0.855. The molecule has 2 aromatic rings. The lowest BCUT2D eigenvalue weighted by atomic mass is 10.2. The summed E-state index contributed by atoms with van der Waals surface area (Å²) in [6.07, 6.45) is -3.85. The summed E-state index contributed by atoms with van der Waals surface area (Å²) in [5.74, 6) is 0.0707. The van der Waals surface area contributed by atoms with E-state index in [9.17, 15) is 13.2 Å². The minimum absolute atomic E-state index is 0.0688. The molecule has 2 heterocycles. The highest BCUT2D eigenvalue weighted by Gasteiger charge is 2.33. The number of nitrogens with one attached hydrogen (secondary N) is 1. The normalized spacial score (nSPS) is 13.2. The number of hydrogen-bond acceptors (Lipinski definition) is 4. The minimum Gasteiger partial charge on any atom is -0.367 e. The first kappa shape index (κ1) is 15.1. The smallest absolute Gasteiger partial charge is 0.367 e. The zero-order chi connectivity index (χ0) is 14.8. The lowest BCUT2D eigenvalue weighted by Crippen LogP contribution is -2.19. The summed E-state index contributed by atoms with van der Waals surface area (Å²) < 4.78 is 37.8. The number of anilines is 1. The third-order valence-corrected chi connectivity index (χ3v) is 3.54. The Morgan fingerprint density at radius 2 is 2.15 bits per heavy atom. The van der Waals surface area contributed by atoms with E-state index >= 15 is 0 Å². The zero-order valence-corrected chi connectivity index (χ0v) is 12.0. The van der Waals surface area contributed by atoms with Crippen molar-refractivity contribution in [1.82, 2.24) is 9.97 Å². The molecule has 1 unspecified atom stereocenters. The molecule has 0 spiro atoms. The molecule has 3 nitrogen and oxygen atoms in total. The van der Waals surface area contributed by atoms with Gasteiger partial charge in [0.2, 0.25) is 5.28 Å². The number of halogens is 4. The van der Waals surface area contributed by atoms with Gasteiger partial charge in [-0.15, -0.1) is 11.3 Å². The molecule has 0 aliphatic carbocycles. The summed E-state index contributed by atoms with van der Waals surface area (Å²) in [7, 11) is 0. The van der Waals surface area contributed by atoms with Crippen molar-refractivity contribution in [1.29, 1.82) is 0 Å². The molecular weight excluding hydrogens is 311 g/mol. The SMILES string of the molecule is CC(Cc1cccs1)Nc1cc(C(F)(F)F)nc(Cl)n1. The van der Waals surface area contributed by atoms with Gasteiger partial charge in [-0.25, -0.2) is 9.97 Å². The first-order chi connectivity index (χ1) is 9.34. The number of hydrogen-bond donors (Lipinski definition) is 1. The van der Waals surface area contributed by atoms with Gasteiger partial charge in [-0.2, -0.15) is 13.2 Å². The predicted molar refractivity (Wildman–Crippen MR) is 73.2 cm³/mol. The van der Waals surface area contributed by atoms with Crippen molar-refractivity contribution < 1.29 is 13.2 Å². The third-order valence-electron chi connectivity index (χ3n) is 2.47. The van der Waals surface area contributed by atoms with Gasteiger partial charge in [0.15, 0.2) is 5.69 Å². The maximum absolute atomic E-state index is 12.6. The molecule has 0 aliphatic heterocycles. The van der Waals surface area contributed by atoms with E-state index in [0.29, 0.717) is 6.42 Å². The number of nitrogens with zero attached hydrogens (tertiary/aromatic N) is 2. The summed E-state index contributed by atoms with van der Waals surface area (Å²) in [6.45, 7) is 1.86. The molecule has 2 aromatic heterocycles. The van der Waals surface area contributed by atoms with Gasteiger partial charge in [0, 0.05) is 23.4 Å².